The van der Waals surface area contributed by atoms with E-state index in [1.807, 2.05) is 0 Å². The van der Waals surface area contributed by atoms with Gasteiger partial charge in [-0.3, -0.25) is 14.7 Å². The maximum absolute atomic E-state index is 13.0. The summed E-state index contributed by atoms with van der Waals surface area (Å²) >= 11 is 1.21. The average molecular weight is 489 g/mol. The molecule has 2 heterocycles. The molecule has 0 bridgehead atoms. The Morgan fingerprint density at radius 3 is 2.76 bits per heavy atom. The molecule has 0 aromatic heterocycles. The number of ether oxygens (including phenoxy) is 1. The number of rotatable bonds is 5. The molecule has 1 aromatic carbocycles. The van der Waals surface area contributed by atoms with Crippen molar-refractivity contribution in [1.29, 1.82) is 0 Å². The molecule has 2 fully saturated rings. The lowest BCUT2D eigenvalue weighted by Crippen LogP contribution is -2.54. The van der Waals surface area contributed by atoms with E-state index < -0.39 is 41.2 Å². The summed E-state index contributed by atoms with van der Waals surface area (Å²) in [6.07, 6.45) is -6.65. The third-order valence-corrected chi connectivity index (χ3v) is 7.41. The molecule has 0 spiro atoms. The van der Waals surface area contributed by atoms with Gasteiger partial charge in [0.05, 0.1) is 36.8 Å². The summed E-state index contributed by atoms with van der Waals surface area (Å²) in [7, 11) is 0. The van der Waals surface area contributed by atoms with E-state index in [1.54, 1.807) is 0 Å². The zero-order valence-corrected chi connectivity index (χ0v) is 18.6. The van der Waals surface area contributed by atoms with Crippen LogP contribution in [0.25, 0.3) is 0 Å². The standard InChI is InChI=1S/C21H27F3N4O4S/c22-21(23,24)12-2-1-3-13(10-12)26-20-27-16-17(30)15(29)11-14(18(16)33-20)19(31)25-4-5-28-6-8-32-9-7-28/h1-3,10,14-18,29-30H,4-9,11H2,(H,25,31)(H,26,27). The number of morpholine rings is 1. The van der Waals surface area contributed by atoms with Crippen LogP contribution in [0.15, 0.2) is 29.3 Å². The van der Waals surface area contributed by atoms with Crippen LogP contribution in [0.3, 0.4) is 0 Å². The first-order valence-electron chi connectivity index (χ1n) is 10.8. The number of carbonyl (C=O) groups excluding carboxylic acids is 1. The second-order valence-corrected chi connectivity index (χ2v) is 9.52. The molecule has 1 saturated heterocycles. The van der Waals surface area contributed by atoms with E-state index in [0.29, 0.717) is 31.5 Å². The molecule has 33 heavy (non-hydrogen) atoms. The Labute approximate surface area is 193 Å². The van der Waals surface area contributed by atoms with Crippen LogP contribution < -0.4 is 10.6 Å². The van der Waals surface area contributed by atoms with Crippen molar-refractivity contribution in [2.24, 2.45) is 10.9 Å². The molecule has 1 aliphatic carbocycles. The fourth-order valence-electron chi connectivity index (χ4n) is 4.30. The molecular formula is C21H27F3N4O4S. The van der Waals surface area contributed by atoms with Crippen LogP contribution in [0.5, 0.6) is 0 Å². The number of nitrogens with one attached hydrogen (secondary N) is 2. The van der Waals surface area contributed by atoms with Crippen LogP contribution in [-0.4, -0.2) is 89.1 Å². The largest absolute Gasteiger partial charge is 0.416 e. The Hall–Kier alpha value is -1.86. The smallest absolute Gasteiger partial charge is 0.390 e. The van der Waals surface area contributed by atoms with E-state index >= 15 is 0 Å². The molecule has 4 rings (SSSR count). The number of benzene rings is 1. The number of aliphatic hydroxyl groups excluding tert-OH is 2. The Morgan fingerprint density at radius 2 is 2.03 bits per heavy atom. The van der Waals surface area contributed by atoms with Crippen molar-refractivity contribution in [3.63, 3.8) is 0 Å². The van der Waals surface area contributed by atoms with Crippen LogP contribution in [0.2, 0.25) is 0 Å². The number of aliphatic imine (C=N–C) groups is 1. The number of hydrogen-bond donors (Lipinski definition) is 4. The second kappa shape index (κ2) is 10.2. The molecule has 4 N–H and O–H groups in total. The molecule has 1 aromatic rings. The van der Waals surface area contributed by atoms with Gasteiger partial charge in [-0.2, -0.15) is 13.2 Å². The zero-order chi connectivity index (χ0) is 23.6. The number of halogens is 3. The van der Waals surface area contributed by atoms with Crippen molar-refractivity contribution in [1.82, 2.24) is 10.2 Å². The Morgan fingerprint density at radius 1 is 1.27 bits per heavy atom. The number of amidine groups is 1. The fraction of sp³-hybridized carbons (Fsp3) is 0.619. The Kier molecular flexibility index (Phi) is 7.49. The van der Waals surface area contributed by atoms with Gasteiger partial charge >= 0.3 is 6.18 Å². The number of hydrogen-bond acceptors (Lipinski definition) is 8. The van der Waals surface area contributed by atoms with Crippen molar-refractivity contribution in [3.05, 3.63) is 29.8 Å². The van der Waals surface area contributed by atoms with E-state index in [4.69, 9.17) is 4.74 Å². The third kappa shape index (κ3) is 5.80. The highest BCUT2D eigenvalue weighted by molar-refractivity contribution is 8.15. The van der Waals surface area contributed by atoms with Crippen LogP contribution in [-0.2, 0) is 15.7 Å². The van der Waals surface area contributed by atoms with E-state index in [1.165, 1.54) is 23.9 Å². The van der Waals surface area contributed by atoms with Crippen molar-refractivity contribution in [3.8, 4) is 0 Å². The number of aliphatic hydroxyl groups is 2. The molecule has 5 atom stereocenters. The topological polar surface area (TPSA) is 106 Å². The van der Waals surface area contributed by atoms with Crippen molar-refractivity contribution >= 4 is 28.5 Å². The van der Waals surface area contributed by atoms with Gasteiger partial charge in [0.1, 0.15) is 6.10 Å². The monoisotopic (exact) mass is 488 g/mol. The van der Waals surface area contributed by atoms with Gasteiger partial charge in [0.25, 0.3) is 0 Å². The van der Waals surface area contributed by atoms with Crippen LogP contribution in [0.1, 0.15) is 12.0 Å². The first kappa shape index (κ1) is 24.3. The summed E-state index contributed by atoms with van der Waals surface area (Å²) in [5.74, 6) is -0.820. The van der Waals surface area contributed by atoms with Crippen LogP contribution in [0, 0.1) is 5.92 Å². The molecule has 0 radical (unpaired) electrons. The lowest BCUT2D eigenvalue weighted by atomic mass is 9.81. The molecule has 5 unspecified atom stereocenters. The van der Waals surface area contributed by atoms with Crippen molar-refractivity contribution < 1.29 is 32.9 Å². The first-order valence-corrected chi connectivity index (χ1v) is 11.7. The summed E-state index contributed by atoms with van der Waals surface area (Å²) in [4.78, 5) is 19.5. The average Bonchev–Trinajstić information content (AvgIpc) is 3.20. The van der Waals surface area contributed by atoms with E-state index in [0.717, 1.165) is 25.2 Å². The van der Waals surface area contributed by atoms with Gasteiger partial charge in [-0.05, 0) is 24.6 Å². The zero-order valence-electron chi connectivity index (χ0n) is 17.8. The van der Waals surface area contributed by atoms with Crippen LogP contribution >= 0.6 is 11.8 Å². The summed E-state index contributed by atoms with van der Waals surface area (Å²) in [6, 6.07) is 4.00. The first-order chi connectivity index (χ1) is 15.7. The van der Waals surface area contributed by atoms with Gasteiger partial charge in [-0.15, -0.1) is 0 Å². The number of anilines is 1. The molecule has 182 valence electrons. The van der Waals surface area contributed by atoms with Gasteiger partial charge in [-0.25, -0.2) is 0 Å². The number of thioether (sulfide) groups is 1. The molecular weight excluding hydrogens is 461 g/mol. The predicted octanol–water partition coefficient (Wildman–Crippen LogP) is 1.15. The SMILES string of the molecule is O=C(NCCN1CCOCC1)C1CC(O)C(O)C2N=C(Nc3cccc(C(F)(F)F)c3)SC12. The number of amides is 1. The molecule has 1 saturated carbocycles. The van der Waals surface area contributed by atoms with E-state index in [-0.39, 0.29) is 18.0 Å². The molecule has 8 nitrogen and oxygen atoms in total. The fourth-order valence-corrected chi connectivity index (χ4v) is 5.68. The van der Waals surface area contributed by atoms with Crippen LogP contribution in [0.4, 0.5) is 18.9 Å². The Balaban J connectivity index is 1.39. The highest BCUT2D eigenvalue weighted by Crippen LogP contribution is 2.41. The quantitative estimate of drug-likeness (QED) is 0.493. The highest BCUT2D eigenvalue weighted by atomic mass is 32.2. The molecule has 12 heteroatoms. The molecule has 1 amide bonds. The minimum absolute atomic E-state index is 0.0884. The van der Waals surface area contributed by atoms with Crippen molar-refractivity contribution in [2.75, 3.05) is 44.7 Å². The minimum Gasteiger partial charge on any atom is -0.390 e. The Bertz CT molecular complexity index is 881. The highest BCUT2D eigenvalue weighted by Gasteiger charge is 2.50. The van der Waals surface area contributed by atoms with Gasteiger partial charge in [0.15, 0.2) is 5.17 Å². The number of fused-ring (bicyclic) bond motifs is 1. The van der Waals surface area contributed by atoms with E-state index in [9.17, 15) is 28.2 Å². The summed E-state index contributed by atoms with van der Waals surface area (Å²) in [6.45, 7) is 4.09. The minimum atomic E-state index is -4.47. The molecule has 3 aliphatic rings. The second-order valence-electron chi connectivity index (χ2n) is 8.36. The van der Waals surface area contributed by atoms with Crippen molar-refractivity contribution in [2.45, 2.75) is 36.1 Å². The third-order valence-electron chi connectivity index (χ3n) is 6.10. The number of alkyl halides is 3. The van der Waals surface area contributed by atoms with Gasteiger partial charge in [0.2, 0.25) is 5.91 Å². The number of carbonyl (C=O) groups is 1. The van der Waals surface area contributed by atoms with Gasteiger partial charge in [-0.1, -0.05) is 17.8 Å². The number of nitrogens with zero attached hydrogens (tertiary/aromatic N) is 2. The summed E-state index contributed by atoms with van der Waals surface area (Å²) < 4.78 is 44.3. The maximum atomic E-state index is 13.0. The molecule has 2 aliphatic heterocycles. The summed E-state index contributed by atoms with van der Waals surface area (Å²) in [5, 5.41) is 26.4. The lowest BCUT2D eigenvalue weighted by molar-refractivity contribution is -0.137. The summed E-state index contributed by atoms with van der Waals surface area (Å²) in [5.41, 5.74) is -0.585. The van der Waals surface area contributed by atoms with Gasteiger partial charge in [0, 0.05) is 37.1 Å². The maximum Gasteiger partial charge on any atom is 0.416 e. The lowest BCUT2D eigenvalue weighted by Gasteiger charge is -2.37. The van der Waals surface area contributed by atoms with Gasteiger partial charge < -0.3 is 25.6 Å². The van der Waals surface area contributed by atoms with E-state index in [2.05, 4.69) is 20.5 Å². The normalized spacial score (nSPS) is 30.5. The predicted molar refractivity (Wildman–Crippen MR) is 118 cm³/mol.